The van der Waals surface area contributed by atoms with Crippen LogP contribution in [0, 0.1) is 28.6 Å². The normalized spacial score (nSPS) is 57.7. The lowest BCUT2D eigenvalue weighted by atomic mass is 9.54. The van der Waals surface area contributed by atoms with E-state index in [1.807, 2.05) is 0 Å². The second-order valence-electron chi connectivity index (χ2n) is 12.2. The van der Waals surface area contributed by atoms with Gasteiger partial charge in [0.05, 0.1) is 18.1 Å². The van der Waals surface area contributed by atoms with Crippen molar-refractivity contribution in [2.24, 2.45) is 28.6 Å². The molecule has 0 aromatic carbocycles. The molecule has 6 bridgehead atoms. The van der Waals surface area contributed by atoms with Crippen LogP contribution in [-0.4, -0.2) is 88.6 Å². The summed E-state index contributed by atoms with van der Waals surface area (Å²) < 4.78 is 12.2. The number of nitrogens with one attached hydrogen (secondary N) is 1. The Morgan fingerprint density at radius 1 is 1.29 bits per heavy atom. The highest BCUT2D eigenvalue weighted by atomic mass is 16.7. The molecule has 2 saturated heterocycles. The minimum absolute atomic E-state index is 0.0914. The fourth-order valence-electron chi connectivity index (χ4n) is 9.59. The van der Waals surface area contributed by atoms with E-state index in [4.69, 9.17) is 9.47 Å². The van der Waals surface area contributed by atoms with Gasteiger partial charge in [0, 0.05) is 24.0 Å². The van der Waals surface area contributed by atoms with Crippen LogP contribution in [0.15, 0.2) is 18.3 Å². The molecule has 2 aliphatic heterocycles. The first-order chi connectivity index (χ1) is 16.2. The number of H-pyrrole nitrogens is 1. The molecule has 1 aromatic rings. The van der Waals surface area contributed by atoms with Crippen molar-refractivity contribution in [1.82, 2.24) is 4.98 Å². The molecular formula is C25H35NO9. The number of ether oxygens (including phenoxy) is 2. The first-order valence-electron chi connectivity index (χ1n) is 12.4. The fraction of sp³-hybridized carbons (Fsp3) is 0.800. The largest absolute Gasteiger partial charge is 0.454 e. The van der Waals surface area contributed by atoms with E-state index in [0.717, 1.165) is 0 Å². The molecule has 0 unspecified atom stereocenters. The summed E-state index contributed by atoms with van der Waals surface area (Å²) in [4.78, 5) is 15.9. The van der Waals surface area contributed by atoms with Gasteiger partial charge in [-0.05, 0) is 43.7 Å². The molecule has 6 aliphatic rings. The number of aliphatic hydroxyl groups is 6. The molecule has 11 atom stereocenters. The summed E-state index contributed by atoms with van der Waals surface area (Å²) in [5, 5.41) is 72.1. The van der Waals surface area contributed by atoms with Gasteiger partial charge in [-0.1, -0.05) is 20.8 Å². The van der Waals surface area contributed by atoms with Crippen molar-refractivity contribution < 1.29 is 44.9 Å². The second kappa shape index (κ2) is 6.30. The standard InChI is InChI=1S/C25H35NO9/c1-12(2)23(32)17(34-18(29)14-6-5-9-26-14)15-20(11-27)10-22(31)19(23,4)24(15,33)25(35-22)16(28)13(3)7-8-21(20,25)30/h5-6,9,12-13,15-17,26-28,30-33H,7-8,10-11H2,1-4H3/t13-,15-,16+,17-,19+,20+,21+,22+,23+,24+,25-/m1/s1. The molecule has 1 aromatic heterocycles. The zero-order chi connectivity index (χ0) is 25.6. The van der Waals surface area contributed by atoms with Gasteiger partial charge in [-0.3, -0.25) is 0 Å². The van der Waals surface area contributed by atoms with Gasteiger partial charge in [-0.25, -0.2) is 4.79 Å². The number of carbonyl (C=O) groups is 1. The number of carbonyl (C=O) groups excluding carboxylic acids is 1. The van der Waals surface area contributed by atoms with Crippen molar-refractivity contribution in [1.29, 1.82) is 0 Å². The average molecular weight is 494 g/mol. The van der Waals surface area contributed by atoms with E-state index >= 15 is 0 Å². The van der Waals surface area contributed by atoms with E-state index in [1.165, 1.54) is 13.0 Å². The molecule has 194 valence electrons. The zero-order valence-corrected chi connectivity index (χ0v) is 20.4. The molecule has 10 nitrogen and oxygen atoms in total. The molecule has 7 rings (SSSR count). The highest BCUT2D eigenvalue weighted by Crippen LogP contribution is 2.89. The van der Waals surface area contributed by atoms with Gasteiger partial charge in [0.25, 0.3) is 0 Å². The predicted octanol–water partition coefficient (Wildman–Crippen LogP) is -0.330. The maximum absolute atomic E-state index is 13.2. The Balaban J connectivity index is 1.66. The molecule has 6 fully saturated rings. The smallest absolute Gasteiger partial charge is 0.355 e. The lowest BCUT2D eigenvalue weighted by molar-refractivity contribution is -0.390. The van der Waals surface area contributed by atoms with Crippen molar-refractivity contribution in [3.63, 3.8) is 0 Å². The summed E-state index contributed by atoms with van der Waals surface area (Å²) in [6, 6.07) is 3.13. The van der Waals surface area contributed by atoms with Crippen LogP contribution in [0.5, 0.6) is 0 Å². The van der Waals surface area contributed by atoms with Gasteiger partial charge in [0.1, 0.15) is 28.6 Å². The first-order valence-corrected chi connectivity index (χ1v) is 12.4. The SMILES string of the molecule is CC(C)[C@]1(O)[C@H](OC(=O)c2ccc[nH]2)[C@@H]2[C@@]3(CO)C[C@]4(O)O[C@@]5([C@@H](O)[C@H](C)CC[C@]35O)[C@@]2(O)[C@@]41C. The van der Waals surface area contributed by atoms with Crippen molar-refractivity contribution >= 4 is 5.97 Å². The minimum atomic E-state index is -2.24. The third-order valence-corrected chi connectivity index (χ3v) is 11.1. The molecule has 10 heteroatoms. The molecule has 4 saturated carbocycles. The zero-order valence-electron chi connectivity index (χ0n) is 20.4. The predicted molar refractivity (Wildman–Crippen MR) is 119 cm³/mol. The minimum Gasteiger partial charge on any atom is -0.454 e. The van der Waals surface area contributed by atoms with Crippen LogP contribution in [-0.2, 0) is 9.47 Å². The Hall–Kier alpha value is -1.53. The Kier molecular flexibility index (Phi) is 4.29. The van der Waals surface area contributed by atoms with Gasteiger partial charge in [0.2, 0.25) is 0 Å². The maximum atomic E-state index is 13.2. The van der Waals surface area contributed by atoms with Gasteiger partial charge in [0.15, 0.2) is 11.4 Å². The molecule has 0 radical (unpaired) electrons. The molecule has 0 amide bonds. The molecule has 4 aliphatic carbocycles. The molecule has 7 N–H and O–H groups in total. The third-order valence-electron chi connectivity index (χ3n) is 11.1. The van der Waals surface area contributed by atoms with Crippen LogP contribution >= 0.6 is 0 Å². The Labute approximate surface area is 202 Å². The van der Waals surface area contributed by atoms with Crippen LogP contribution in [0.1, 0.15) is 57.4 Å². The fourth-order valence-corrected chi connectivity index (χ4v) is 9.59. The molecule has 3 heterocycles. The monoisotopic (exact) mass is 493 g/mol. The molecular weight excluding hydrogens is 458 g/mol. The van der Waals surface area contributed by atoms with Crippen LogP contribution in [0.3, 0.4) is 0 Å². The summed E-state index contributed by atoms with van der Waals surface area (Å²) in [5.74, 6) is -5.31. The van der Waals surface area contributed by atoms with E-state index in [2.05, 4.69) is 4.98 Å². The number of hydrogen-bond donors (Lipinski definition) is 7. The number of rotatable bonds is 4. The van der Waals surface area contributed by atoms with Crippen molar-refractivity contribution in [2.45, 2.75) is 87.4 Å². The van der Waals surface area contributed by atoms with Gasteiger partial charge < -0.3 is 45.1 Å². The summed E-state index contributed by atoms with van der Waals surface area (Å²) >= 11 is 0. The van der Waals surface area contributed by atoms with Crippen LogP contribution in [0.25, 0.3) is 0 Å². The van der Waals surface area contributed by atoms with Crippen LogP contribution in [0.2, 0.25) is 0 Å². The van der Waals surface area contributed by atoms with Gasteiger partial charge >= 0.3 is 5.97 Å². The van der Waals surface area contributed by atoms with E-state index < -0.39 is 81.6 Å². The summed E-state index contributed by atoms with van der Waals surface area (Å²) in [5.41, 5.74) is -11.7. The molecule has 35 heavy (non-hydrogen) atoms. The Bertz CT molecular complexity index is 1090. The lowest BCUT2D eigenvalue weighted by Gasteiger charge is -2.60. The van der Waals surface area contributed by atoms with Crippen molar-refractivity contribution in [2.75, 3.05) is 6.61 Å². The Morgan fingerprint density at radius 2 is 1.97 bits per heavy atom. The lowest BCUT2D eigenvalue weighted by Crippen LogP contribution is -2.75. The maximum Gasteiger partial charge on any atom is 0.355 e. The van der Waals surface area contributed by atoms with E-state index in [9.17, 15) is 35.4 Å². The first kappa shape index (κ1) is 23.8. The number of hydrogen-bond acceptors (Lipinski definition) is 9. The summed E-state index contributed by atoms with van der Waals surface area (Å²) in [6.45, 7) is 5.95. The topological polar surface area (TPSA) is 173 Å². The highest BCUT2D eigenvalue weighted by molar-refractivity contribution is 5.87. The third kappa shape index (κ3) is 1.88. The number of aliphatic hydroxyl groups excluding tert-OH is 2. The quantitative estimate of drug-likeness (QED) is 0.277. The van der Waals surface area contributed by atoms with Crippen molar-refractivity contribution in [3.8, 4) is 0 Å². The number of aromatic nitrogens is 1. The van der Waals surface area contributed by atoms with Gasteiger partial charge in [-0.15, -0.1) is 0 Å². The van der Waals surface area contributed by atoms with Crippen molar-refractivity contribution in [3.05, 3.63) is 24.0 Å². The van der Waals surface area contributed by atoms with Gasteiger partial charge in [-0.2, -0.15) is 0 Å². The van der Waals surface area contributed by atoms with E-state index in [-0.39, 0.29) is 18.5 Å². The van der Waals surface area contributed by atoms with E-state index in [1.54, 1.807) is 33.0 Å². The van der Waals surface area contributed by atoms with Crippen LogP contribution in [0.4, 0.5) is 0 Å². The highest BCUT2D eigenvalue weighted by Gasteiger charge is 3.06. The molecule has 1 spiro atoms. The average Bonchev–Trinajstić information content (AvgIpc) is 3.43. The number of esters is 1. The second-order valence-corrected chi connectivity index (χ2v) is 12.2. The Morgan fingerprint density at radius 3 is 2.54 bits per heavy atom. The van der Waals surface area contributed by atoms with Crippen LogP contribution < -0.4 is 0 Å². The summed E-state index contributed by atoms with van der Waals surface area (Å²) in [7, 11) is 0. The number of aromatic amines is 1. The van der Waals surface area contributed by atoms with E-state index in [0.29, 0.717) is 6.42 Å². The summed E-state index contributed by atoms with van der Waals surface area (Å²) in [6.07, 6.45) is -1.10.